The predicted molar refractivity (Wildman–Crippen MR) is 97.4 cm³/mol. The summed E-state index contributed by atoms with van der Waals surface area (Å²) < 4.78 is 5.26. The van der Waals surface area contributed by atoms with Crippen molar-refractivity contribution in [3.8, 4) is 5.75 Å². The van der Waals surface area contributed by atoms with Crippen molar-refractivity contribution in [3.63, 3.8) is 0 Å². The minimum absolute atomic E-state index is 0.391. The fourth-order valence-corrected chi connectivity index (χ4v) is 4.28. The second kappa shape index (κ2) is 8.55. The SMILES string of the molecule is COc1ccc(C2CCCCN(C(=O)CC3CCCCC3)C2)cc1. The van der Waals surface area contributed by atoms with Gasteiger partial charge in [0.05, 0.1) is 7.11 Å². The number of likely N-dealkylation sites (tertiary alicyclic amines) is 1. The van der Waals surface area contributed by atoms with Crippen LogP contribution in [0.25, 0.3) is 0 Å². The summed E-state index contributed by atoms with van der Waals surface area (Å²) in [4.78, 5) is 15.0. The van der Waals surface area contributed by atoms with Crippen molar-refractivity contribution >= 4 is 5.91 Å². The van der Waals surface area contributed by atoms with E-state index in [9.17, 15) is 4.79 Å². The number of amides is 1. The Hall–Kier alpha value is -1.51. The van der Waals surface area contributed by atoms with Crippen molar-refractivity contribution in [1.29, 1.82) is 0 Å². The number of rotatable bonds is 4. The molecule has 3 nitrogen and oxygen atoms in total. The van der Waals surface area contributed by atoms with Crippen LogP contribution in [0.5, 0.6) is 5.75 Å². The van der Waals surface area contributed by atoms with Crippen LogP contribution in [-0.4, -0.2) is 31.0 Å². The van der Waals surface area contributed by atoms with Crippen molar-refractivity contribution in [1.82, 2.24) is 4.90 Å². The van der Waals surface area contributed by atoms with E-state index in [-0.39, 0.29) is 0 Å². The summed E-state index contributed by atoms with van der Waals surface area (Å²) in [5, 5.41) is 0. The lowest BCUT2D eigenvalue weighted by Crippen LogP contribution is -2.35. The van der Waals surface area contributed by atoms with E-state index in [1.54, 1.807) is 7.11 Å². The molecule has 1 aromatic rings. The van der Waals surface area contributed by atoms with Crippen LogP contribution < -0.4 is 4.74 Å². The maximum absolute atomic E-state index is 12.8. The number of methoxy groups -OCH3 is 1. The Morgan fingerprint density at radius 1 is 1.04 bits per heavy atom. The second-order valence-electron chi connectivity index (χ2n) is 7.51. The summed E-state index contributed by atoms with van der Waals surface area (Å²) in [6, 6.07) is 8.40. The third-order valence-corrected chi connectivity index (χ3v) is 5.80. The lowest BCUT2D eigenvalue weighted by Gasteiger charge is -2.28. The summed E-state index contributed by atoms with van der Waals surface area (Å²) in [7, 11) is 1.70. The van der Waals surface area contributed by atoms with E-state index < -0.39 is 0 Å². The van der Waals surface area contributed by atoms with Crippen molar-refractivity contribution < 1.29 is 9.53 Å². The average molecular weight is 329 g/mol. The predicted octanol–water partition coefficient (Wildman–Crippen LogP) is 4.76. The fraction of sp³-hybridized carbons (Fsp3) is 0.667. The van der Waals surface area contributed by atoms with Gasteiger partial charge in [0.1, 0.15) is 5.75 Å². The maximum atomic E-state index is 12.8. The zero-order valence-corrected chi connectivity index (χ0v) is 15.0. The highest BCUT2D eigenvalue weighted by atomic mass is 16.5. The van der Waals surface area contributed by atoms with Gasteiger partial charge in [-0.05, 0) is 49.3 Å². The van der Waals surface area contributed by atoms with Gasteiger partial charge >= 0.3 is 0 Å². The van der Waals surface area contributed by atoms with E-state index in [1.807, 2.05) is 12.1 Å². The molecule has 0 bridgehead atoms. The minimum atomic E-state index is 0.391. The highest BCUT2D eigenvalue weighted by Gasteiger charge is 2.25. The summed E-state index contributed by atoms with van der Waals surface area (Å²) in [5.74, 6) is 2.39. The first-order valence-corrected chi connectivity index (χ1v) is 9.68. The molecule has 2 aliphatic rings. The van der Waals surface area contributed by atoms with Crippen LogP contribution in [0.4, 0.5) is 0 Å². The standard InChI is InChI=1S/C21H31NO2/c1-24-20-12-10-18(11-13-20)19-9-5-6-14-22(16-19)21(23)15-17-7-3-2-4-8-17/h10-13,17,19H,2-9,14-16H2,1H3. The third kappa shape index (κ3) is 4.52. The highest BCUT2D eigenvalue weighted by molar-refractivity contribution is 5.76. The second-order valence-corrected chi connectivity index (χ2v) is 7.51. The first kappa shape index (κ1) is 17.3. The van der Waals surface area contributed by atoms with Crippen LogP contribution in [-0.2, 0) is 4.79 Å². The van der Waals surface area contributed by atoms with Gasteiger partial charge in [0.15, 0.2) is 0 Å². The molecule has 0 spiro atoms. The highest BCUT2D eigenvalue weighted by Crippen LogP contribution is 2.30. The lowest BCUT2D eigenvalue weighted by molar-refractivity contribution is -0.132. The molecule has 1 heterocycles. The number of hydrogen-bond acceptors (Lipinski definition) is 2. The number of benzene rings is 1. The Bertz CT molecular complexity index is 519. The van der Waals surface area contributed by atoms with Gasteiger partial charge in [-0.15, -0.1) is 0 Å². The monoisotopic (exact) mass is 329 g/mol. The third-order valence-electron chi connectivity index (χ3n) is 5.80. The molecule has 1 aliphatic heterocycles. The molecule has 1 saturated heterocycles. The van der Waals surface area contributed by atoms with Gasteiger partial charge in [0.2, 0.25) is 5.91 Å². The van der Waals surface area contributed by atoms with E-state index in [1.165, 1.54) is 50.5 Å². The van der Waals surface area contributed by atoms with Gasteiger partial charge in [-0.2, -0.15) is 0 Å². The molecular formula is C21H31NO2. The molecule has 24 heavy (non-hydrogen) atoms. The van der Waals surface area contributed by atoms with E-state index in [0.717, 1.165) is 31.7 Å². The molecule has 1 amide bonds. The Morgan fingerprint density at radius 2 is 1.75 bits per heavy atom. The number of carbonyl (C=O) groups excluding carboxylic acids is 1. The van der Waals surface area contributed by atoms with Crippen molar-refractivity contribution in [2.45, 2.75) is 63.7 Å². The summed E-state index contributed by atoms with van der Waals surface area (Å²) >= 11 is 0. The van der Waals surface area contributed by atoms with Crippen LogP contribution in [0.3, 0.4) is 0 Å². The number of carbonyl (C=O) groups is 1. The van der Waals surface area contributed by atoms with Crippen molar-refractivity contribution in [2.75, 3.05) is 20.2 Å². The summed E-state index contributed by atoms with van der Waals surface area (Å²) in [6.45, 7) is 1.83. The molecule has 0 N–H and O–H groups in total. The number of nitrogens with zero attached hydrogens (tertiary/aromatic N) is 1. The number of ether oxygens (including phenoxy) is 1. The van der Waals surface area contributed by atoms with Gasteiger partial charge < -0.3 is 9.64 Å². The Balaban J connectivity index is 1.61. The van der Waals surface area contributed by atoms with E-state index in [4.69, 9.17) is 4.74 Å². The fourth-order valence-electron chi connectivity index (χ4n) is 4.28. The molecule has 1 unspecified atom stereocenters. The van der Waals surface area contributed by atoms with Gasteiger partial charge in [0.25, 0.3) is 0 Å². The Morgan fingerprint density at radius 3 is 2.46 bits per heavy atom. The maximum Gasteiger partial charge on any atom is 0.222 e. The number of hydrogen-bond donors (Lipinski definition) is 0. The molecule has 1 atom stereocenters. The Labute approximate surface area is 146 Å². The minimum Gasteiger partial charge on any atom is -0.497 e. The van der Waals surface area contributed by atoms with Crippen molar-refractivity contribution in [2.24, 2.45) is 5.92 Å². The Kier molecular flexibility index (Phi) is 6.17. The first-order chi connectivity index (χ1) is 11.8. The smallest absolute Gasteiger partial charge is 0.222 e. The van der Waals surface area contributed by atoms with Crippen LogP contribution in [0.2, 0.25) is 0 Å². The van der Waals surface area contributed by atoms with E-state index in [0.29, 0.717) is 17.7 Å². The molecule has 1 aromatic carbocycles. The molecule has 0 radical (unpaired) electrons. The zero-order valence-electron chi connectivity index (χ0n) is 15.0. The van der Waals surface area contributed by atoms with Crippen LogP contribution in [0.1, 0.15) is 69.3 Å². The normalized spacial score (nSPS) is 22.9. The molecule has 0 aromatic heterocycles. The van der Waals surface area contributed by atoms with Gasteiger partial charge in [-0.1, -0.05) is 37.8 Å². The molecule has 1 saturated carbocycles. The first-order valence-electron chi connectivity index (χ1n) is 9.68. The van der Waals surface area contributed by atoms with Gasteiger partial charge in [-0.25, -0.2) is 0 Å². The quantitative estimate of drug-likeness (QED) is 0.797. The van der Waals surface area contributed by atoms with Crippen LogP contribution in [0, 0.1) is 5.92 Å². The average Bonchev–Trinajstić information content (AvgIpc) is 2.89. The molecular weight excluding hydrogens is 298 g/mol. The molecule has 3 rings (SSSR count). The topological polar surface area (TPSA) is 29.5 Å². The van der Waals surface area contributed by atoms with Crippen molar-refractivity contribution in [3.05, 3.63) is 29.8 Å². The summed E-state index contributed by atoms with van der Waals surface area (Å²) in [5.41, 5.74) is 1.34. The summed E-state index contributed by atoms with van der Waals surface area (Å²) in [6.07, 6.45) is 10.8. The largest absolute Gasteiger partial charge is 0.497 e. The van der Waals surface area contributed by atoms with E-state index >= 15 is 0 Å². The van der Waals surface area contributed by atoms with Crippen LogP contribution in [0.15, 0.2) is 24.3 Å². The zero-order chi connectivity index (χ0) is 16.8. The molecule has 2 fully saturated rings. The molecule has 1 aliphatic carbocycles. The van der Waals surface area contributed by atoms with Gasteiger partial charge in [0, 0.05) is 25.4 Å². The van der Waals surface area contributed by atoms with Gasteiger partial charge in [-0.3, -0.25) is 4.79 Å². The molecule has 3 heteroatoms. The van der Waals surface area contributed by atoms with Crippen LogP contribution >= 0.6 is 0 Å². The van der Waals surface area contributed by atoms with E-state index in [2.05, 4.69) is 17.0 Å². The molecule has 132 valence electrons. The lowest BCUT2D eigenvalue weighted by atomic mass is 9.86.